The Balaban J connectivity index is 2.52. The van der Waals surface area contributed by atoms with Crippen molar-refractivity contribution in [3.63, 3.8) is 0 Å². The van der Waals surface area contributed by atoms with Gasteiger partial charge in [-0.05, 0) is 49.0 Å². The summed E-state index contributed by atoms with van der Waals surface area (Å²) < 4.78 is 5.42. The first-order valence-corrected chi connectivity index (χ1v) is 9.98. The third-order valence-corrected chi connectivity index (χ3v) is 6.87. The number of rotatable bonds is 9. The van der Waals surface area contributed by atoms with Gasteiger partial charge in [-0.15, -0.1) is 0 Å². The second-order valence-electron chi connectivity index (χ2n) is 6.38. The summed E-state index contributed by atoms with van der Waals surface area (Å²) in [6.45, 7) is 5.30. The van der Waals surface area contributed by atoms with Gasteiger partial charge in [0, 0.05) is 17.3 Å². The molecule has 4 heteroatoms. The minimum Gasteiger partial charge on any atom is -0.508 e. The van der Waals surface area contributed by atoms with E-state index in [0.717, 1.165) is 37.1 Å². The highest BCUT2D eigenvalue weighted by atomic mass is 31.1. The van der Waals surface area contributed by atoms with E-state index in [1.54, 1.807) is 13.2 Å². The van der Waals surface area contributed by atoms with E-state index >= 15 is 0 Å². The molecule has 2 unspecified atom stereocenters. The van der Waals surface area contributed by atoms with E-state index in [2.05, 4.69) is 43.4 Å². The maximum atomic E-state index is 10.6. The van der Waals surface area contributed by atoms with Gasteiger partial charge in [0.25, 0.3) is 0 Å². The van der Waals surface area contributed by atoms with Gasteiger partial charge in [-0.3, -0.25) is 0 Å². The van der Waals surface area contributed by atoms with E-state index in [4.69, 9.17) is 4.74 Å². The molecule has 0 saturated heterocycles. The molecule has 2 aromatic rings. The van der Waals surface area contributed by atoms with Crippen LogP contribution in [0.5, 0.6) is 11.5 Å². The highest BCUT2D eigenvalue weighted by Gasteiger charge is 2.33. The quantitative estimate of drug-likeness (QED) is 0.647. The summed E-state index contributed by atoms with van der Waals surface area (Å²) in [5, 5.41) is 15.2. The summed E-state index contributed by atoms with van der Waals surface area (Å²) in [6, 6.07) is 14.2. The molecule has 136 valence electrons. The molecule has 25 heavy (non-hydrogen) atoms. The molecular weight excluding hydrogens is 329 g/mol. The van der Waals surface area contributed by atoms with Crippen molar-refractivity contribution in [2.24, 2.45) is 0 Å². The first-order chi connectivity index (χ1) is 12.1. The molecule has 0 aliphatic carbocycles. The Bertz CT molecular complexity index is 689. The van der Waals surface area contributed by atoms with Crippen LogP contribution in [0.3, 0.4) is 0 Å². The van der Waals surface area contributed by atoms with Crippen LogP contribution in [0.1, 0.15) is 44.2 Å². The second-order valence-corrected chi connectivity index (χ2v) is 8.13. The summed E-state index contributed by atoms with van der Waals surface area (Å²) in [6.07, 6.45) is 3.09. The van der Waals surface area contributed by atoms with Gasteiger partial charge in [-0.1, -0.05) is 53.1 Å². The van der Waals surface area contributed by atoms with Crippen LogP contribution < -0.4 is 15.4 Å². The van der Waals surface area contributed by atoms with Crippen molar-refractivity contribution >= 4 is 13.9 Å². The molecule has 0 saturated carbocycles. The number of hydrogen-bond acceptors (Lipinski definition) is 3. The first-order valence-electron chi connectivity index (χ1n) is 8.98. The molecule has 2 N–H and O–H groups in total. The molecule has 0 aromatic heterocycles. The Hall–Kier alpha value is -1.57. The van der Waals surface area contributed by atoms with Gasteiger partial charge in [0.1, 0.15) is 11.5 Å². The maximum Gasteiger partial charge on any atom is 0.119 e. The fraction of sp³-hybridized carbons (Fsp3) is 0.429. The number of ether oxygens (including phenoxy) is 1. The van der Waals surface area contributed by atoms with Crippen LogP contribution >= 0.6 is 8.58 Å². The lowest BCUT2D eigenvalue weighted by atomic mass is 9.90. The highest BCUT2D eigenvalue weighted by molar-refractivity contribution is 7.48. The molecule has 0 heterocycles. The number of hydrogen-bond donors (Lipinski definition) is 2. The second kappa shape index (κ2) is 9.22. The molecule has 0 bridgehead atoms. The van der Waals surface area contributed by atoms with Gasteiger partial charge in [0.05, 0.1) is 7.11 Å². The zero-order chi connectivity index (χ0) is 18.3. The summed E-state index contributed by atoms with van der Waals surface area (Å²) in [5.74, 6) is 1.17. The Morgan fingerprint density at radius 3 is 2.56 bits per heavy atom. The topological polar surface area (TPSA) is 41.5 Å². The lowest BCUT2D eigenvalue weighted by molar-refractivity contribution is 0.405. The average Bonchev–Trinajstić information content (AvgIpc) is 2.63. The van der Waals surface area contributed by atoms with Gasteiger partial charge < -0.3 is 15.2 Å². The van der Waals surface area contributed by atoms with Crippen molar-refractivity contribution in [3.05, 3.63) is 53.6 Å². The first kappa shape index (κ1) is 19.8. The standard InChI is InChI=1S/C21H30NO2P/c1-5-13-21(6-2,18-14-17(24-4)11-12-19(18)23)25-20-10-8-7-9-16(20)15-22-3/h7-12,14,22-23,25H,5-6,13,15H2,1-4H3. The summed E-state index contributed by atoms with van der Waals surface area (Å²) in [5.41, 5.74) is 2.34. The molecule has 0 amide bonds. The maximum absolute atomic E-state index is 10.6. The number of benzene rings is 2. The van der Waals surface area contributed by atoms with Gasteiger partial charge in [0.2, 0.25) is 0 Å². The number of nitrogens with one attached hydrogen (secondary N) is 1. The minimum absolute atomic E-state index is 0.0722. The molecule has 0 fully saturated rings. The lowest BCUT2D eigenvalue weighted by Gasteiger charge is -2.35. The summed E-state index contributed by atoms with van der Waals surface area (Å²) >= 11 is 0. The predicted molar refractivity (Wildman–Crippen MR) is 109 cm³/mol. The van der Waals surface area contributed by atoms with Crippen LogP contribution in [0.4, 0.5) is 0 Å². The van der Waals surface area contributed by atoms with E-state index in [-0.39, 0.29) is 5.16 Å². The minimum atomic E-state index is -0.0722. The van der Waals surface area contributed by atoms with Crippen molar-refractivity contribution in [2.75, 3.05) is 14.2 Å². The largest absolute Gasteiger partial charge is 0.508 e. The van der Waals surface area contributed by atoms with Gasteiger partial charge >= 0.3 is 0 Å². The van der Waals surface area contributed by atoms with Crippen LogP contribution in [0.2, 0.25) is 0 Å². The van der Waals surface area contributed by atoms with Crippen molar-refractivity contribution in [2.45, 2.75) is 44.8 Å². The molecule has 0 spiro atoms. The van der Waals surface area contributed by atoms with Crippen molar-refractivity contribution < 1.29 is 9.84 Å². The van der Waals surface area contributed by atoms with Crippen LogP contribution in [-0.2, 0) is 11.7 Å². The summed E-state index contributed by atoms with van der Waals surface area (Å²) in [4.78, 5) is 0. The average molecular weight is 359 g/mol. The predicted octanol–water partition coefficient (Wildman–Crippen LogP) is 4.53. The molecule has 2 atom stereocenters. The Morgan fingerprint density at radius 1 is 1.16 bits per heavy atom. The third-order valence-electron chi connectivity index (χ3n) is 4.76. The molecular formula is C21H30NO2P. The fourth-order valence-corrected chi connectivity index (χ4v) is 5.33. The molecule has 3 nitrogen and oxygen atoms in total. The number of aromatic hydroxyl groups is 1. The molecule has 0 radical (unpaired) electrons. The SMILES string of the molecule is CCCC(CC)(Pc1ccccc1CNC)c1cc(OC)ccc1O. The van der Waals surface area contributed by atoms with Crippen LogP contribution in [0, 0.1) is 0 Å². The number of methoxy groups -OCH3 is 1. The molecule has 2 aromatic carbocycles. The van der Waals surface area contributed by atoms with Gasteiger partial charge in [0.15, 0.2) is 0 Å². The number of phenolic OH excluding ortho intramolecular Hbond substituents is 1. The van der Waals surface area contributed by atoms with E-state index in [0.29, 0.717) is 14.3 Å². The zero-order valence-corrected chi connectivity index (χ0v) is 16.7. The van der Waals surface area contributed by atoms with Crippen LogP contribution in [0.15, 0.2) is 42.5 Å². The van der Waals surface area contributed by atoms with Gasteiger partial charge in [-0.2, -0.15) is 0 Å². The molecule has 2 rings (SSSR count). The lowest BCUT2D eigenvalue weighted by Crippen LogP contribution is -2.25. The number of phenols is 1. The van der Waals surface area contributed by atoms with Gasteiger partial charge in [-0.25, -0.2) is 0 Å². The highest BCUT2D eigenvalue weighted by Crippen LogP contribution is 2.51. The normalized spacial score (nSPS) is 13.9. The fourth-order valence-electron chi connectivity index (χ4n) is 3.42. The van der Waals surface area contributed by atoms with Crippen LogP contribution in [0.25, 0.3) is 0 Å². The Kier molecular flexibility index (Phi) is 7.28. The third kappa shape index (κ3) is 4.54. The Labute approximate surface area is 153 Å². The molecule has 0 aliphatic rings. The zero-order valence-electron chi connectivity index (χ0n) is 15.7. The van der Waals surface area contributed by atoms with Crippen molar-refractivity contribution in [3.8, 4) is 11.5 Å². The van der Waals surface area contributed by atoms with Crippen LogP contribution in [-0.4, -0.2) is 19.3 Å². The van der Waals surface area contributed by atoms with E-state index in [1.807, 2.05) is 19.2 Å². The van der Waals surface area contributed by atoms with Crippen molar-refractivity contribution in [1.29, 1.82) is 0 Å². The van der Waals surface area contributed by atoms with Crippen molar-refractivity contribution in [1.82, 2.24) is 5.32 Å². The Morgan fingerprint density at radius 2 is 1.92 bits per heavy atom. The van der Waals surface area contributed by atoms with E-state index < -0.39 is 0 Å². The molecule has 0 aliphatic heterocycles. The summed E-state index contributed by atoms with van der Waals surface area (Å²) in [7, 11) is 4.25. The van der Waals surface area contributed by atoms with E-state index in [1.165, 1.54) is 10.9 Å². The van der Waals surface area contributed by atoms with E-state index in [9.17, 15) is 5.11 Å². The monoisotopic (exact) mass is 359 g/mol. The smallest absolute Gasteiger partial charge is 0.119 e.